The zero-order chi connectivity index (χ0) is 15.1. The molecule has 5 heteroatoms. The number of hydrogen-bond acceptors (Lipinski definition) is 3. The molecular weight excluding hydrogens is 261 g/mol. The fourth-order valence-electron chi connectivity index (χ4n) is 1.67. The number of aliphatic hydroxyl groups excluding tert-OH is 1. The van der Waals surface area contributed by atoms with Crippen LogP contribution in [0.15, 0.2) is 18.2 Å². The molecule has 112 valence electrons. The van der Waals surface area contributed by atoms with Gasteiger partial charge in [0.05, 0.1) is 13.2 Å². The highest BCUT2D eigenvalue weighted by molar-refractivity contribution is 5.76. The molecule has 0 aromatic heterocycles. The van der Waals surface area contributed by atoms with E-state index in [0.717, 1.165) is 5.56 Å². The van der Waals surface area contributed by atoms with E-state index >= 15 is 0 Å². The number of halogens is 1. The summed E-state index contributed by atoms with van der Waals surface area (Å²) >= 11 is 0. The zero-order valence-electron chi connectivity index (χ0n) is 12.1. The lowest BCUT2D eigenvalue weighted by Crippen LogP contribution is -2.34. The second kappa shape index (κ2) is 7.85. The van der Waals surface area contributed by atoms with Crippen LogP contribution in [0, 0.1) is 11.7 Å². The first-order valence-electron chi connectivity index (χ1n) is 6.71. The Morgan fingerprint density at radius 3 is 2.70 bits per heavy atom. The van der Waals surface area contributed by atoms with E-state index in [2.05, 4.69) is 5.32 Å². The van der Waals surface area contributed by atoms with Gasteiger partial charge in [0.2, 0.25) is 5.91 Å². The molecular formula is C15H22FNO3. The first kappa shape index (κ1) is 16.4. The molecule has 0 heterocycles. The van der Waals surface area contributed by atoms with E-state index in [1.807, 2.05) is 13.8 Å². The number of aliphatic hydroxyl groups is 1. The summed E-state index contributed by atoms with van der Waals surface area (Å²) in [7, 11) is 1.41. The second-order valence-corrected chi connectivity index (χ2v) is 5.08. The Morgan fingerprint density at radius 1 is 1.45 bits per heavy atom. The lowest BCUT2D eigenvalue weighted by atomic mass is 10.1. The lowest BCUT2D eigenvalue weighted by Gasteiger charge is -2.15. The van der Waals surface area contributed by atoms with Gasteiger partial charge in [0, 0.05) is 13.0 Å². The molecule has 0 saturated heterocycles. The fraction of sp³-hybridized carbons (Fsp3) is 0.533. The maximum atomic E-state index is 13.5. The number of rotatable bonds is 7. The van der Waals surface area contributed by atoms with E-state index < -0.39 is 11.9 Å². The minimum Gasteiger partial charge on any atom is -0.494 e. The van der Waals surface area contributed by atoms with Crippen molar-refractivity contribution in [2.75, 3.05) is 13.7 Å². The SMILES string of the molecule is COc1ccc(CCC(=O)NCC(O)C(C)C)cc1F. The smallest absolute Gasteiger partial charge is 0.220 e. The van der Waals surface area contributed by atoms with Crippen molar-refractivity contribution in [2.45, 2.75) is 32.8 Å². The Hall–Kier alpha value is -1.62. The van der Waals surface area contributed by atoms with Crippen LogP contribution in [0.1, 0.15) is 25.8 Å². The highest BCUT2D eigenvalue weighted by Crippen LogP contribution is 2.18. The van der Waals surface area contributed by atoms with Gasteiger partial charge in [-0.15, -0.1) is 0 Å². The summed E-state index contributed by atoms with van der Waals surface area (Å²) in [6, 6.07) is 4.65. The van der Waals surface area contributed by atoms with E-state index in [-0.39, 0.29) is 30.5 Å². The molecule has 0 aliphatic heterocycles. The number of carbonyl (C=O) groups excluding carboxylic acids is 1. The molecule has 20 heavy (non-hydrogen) atoms. The van der Waals surface area contributed by atoms with Crippen molar-refractivity contribution in [3.63, 3.8) is 0 Å². The van der Waals surface area contributed by atoms with Crippen LogP contribution in [0.2, 0.25) is 0 Å². The van der Waals surface area contributed by atoms with Crippen LogP contribution in [-0.4, -0.2) is 30.8 Å². The topological polar surface area (TPSA) is 58.6 Å². The molecule has 0 radical (unpaired) electrons. The normalized spacial score (nSPS) is 12.3. The minimum absolute atomic E-state index is 0.103. The predicted molar refractivity (Wildman–Crippen MR) is 75.1 cm³/mol. The summed E-state index contributed by atoms with van der Waals surface area (Å²) in [6.07, 6.45) is 0.165. The van der Waals surface area contributed by atoms with Crippen molar-refractivity contribution in [3.8, 4) is 5.75 Å². The molecule has 0 spiro atoms. The Morgan fingerprint density at radius 2 is 2.15 bits per heavy atom. The molecule has 1 amide bonds. The van der Waals surface area contributed by atoms with Gasteiger partial charge in [-0.05, 0) is 30.0 Å². The number of aryl methyl sites for hydroxylation is 1. The van der Waals surface area contributed by atoms with Crippen molar-refractivity contribution in [2.24, 2.45) is 5.92 Å². The Kier molecular flexibility index (Phi) is 6.45. The fourth-order valence-corrected chi connectivity index (χ4v) is 1.67. The molecule has 1 rings (SSSR count). The van der Waals surface area contributed by atoms with Gasteiger partial charge in [0.25, 0.3) is 0 Å². The predicted octanol–water partition coefficient (Wildman–Crippen LogP) is 1.90. The average Bonchev–Trinajstić information content (AvgIpc) is 2.42. The van der Waals surface area contributed by atoms with Crippen LogP contribution >= 0.6 is 0 Å². The molecule has 1 unspecified atom stereocenters. The van der Waals surface area contributed by atoms with Gasteiger partial charge in [-0.1, -0.05) is 19.9 Å². The molecule has 1 atom stereocenters. The van der Waals surface area contributed by atoms with Gasteiger partial charge in [-0.2, -0.15) is 0 Å². The second-order valence-electron chi connectivity index (χ2n) is 5.08. The van der Waals surface area contributed by atoms with Crippen LogP contribution in [0.3, 0.4) is 0 Å². The van der Waals surface area contributed by atoms with Crippen molar-refractivity contribution in [3.05, 3.63) is 29.6 Å². The van der Waals surface area contributed by atoms with Gasteiger partial charge in [-0.25, -0.2) is 4.39 Å². The monoisotopic (exact) mass is 283 g/mol. The summed E-state index contributed by atoms with van der Waals surface area (Å²) in [6.45, 7) is 4.02. The van der Waals surface area contributed by atoms with Crippen molar-refractivity contribution >= 4 is 5.91 Å². The molecule has 0 aliphatic rings. The molecule has 0 fully saturated rings. The molecule has 4 nitrogen and oxygen atoms in total. The number of ether oxygens (including phenoxy) is 1. The number of carbonyl (C=O) groups is 1. The van der Waals surface area contributed by atoms with Crippen LogP contribution in [0.5, 0.6) is 5.75 Å². The Bertz CT molecular complexity index is 449. The highest BCUT2D eigenvalue weighted by atomic mass is 19.1. The Labute approximate surface area is 119 Å². The molecule has 0 saturated carbocycles. The number of hydrogen-bond donors (Lipinski definition) is 2. The van der Waals surface area contributed by atoms with Gasteiger partial charge >= 0.3 is 0 Å². The standard InChI is InChI=1S/C15H22FNO3/c1-10(2)13(18)9-17-15(19)7-5-11-4-6-14(20-3)12(16)8-11/h4,6,8,10,13,18H,5,7,9H2,1-3H3,(H,17,19). The van der Waals surface area contributed by atoms with Gasteiger partial charge in [0.1, 0.15) is 0 Å². The van der Waals surface area contributed by atoms with Crippen LogP contribution in [0.4, 0.5) is 4.39 Å². The molecule has 0 aliphatic carbocycles. The van der Waals surface area contributed by atoms with E-state index in [0.29, 0.717) is 6.42 Å². The minimum atomic E-state index is -0.544. The third kappa shape index (κ3) is 5.17. The molecule has 1 aromatic rings. The third-order valence-corrected chi connectivity index (χ3v) is 3.13. The first-order valence-corrected chi connectivity index (χ1v) is 6.71. The molecule has 0 bridgehead atoms. The van der Waals surface area contributed by atoms with E-state index in [9.17, 15) is 14.3 Å². The van der Waals surface area contributed by atoms with Crippen LogP contribution < -0.4 is 10.1 Å². The van der Waals surface area contributed by atoms with Gasteiger partial charge < -0.3 is 15.2 Å². The number of methoxy groups -OCH3 is 1. The van der Waals surface area contributed by atoms with Crippen molar-refractivity contribution in [1.82, 2.24) is 5.32 Å². The quantitative estimate of drug-likeness (QED) is 0.803. The van der Waals surface area contributed by atoms with E-state index in [1.54, 1.807) is 12.1 Å². The molecule has 2 N–H and O–H groups in total. The summed E-state index contributed by atoms with van der Waals surface area (Å²) in [5.74, 6) is -0.286. The van der Waals surface area contributed by atoms with E-state index in [1.165, 1.54) is 13.2 Å². The Balaban J connectivity index is 2.39. The maximum absolute atomic E-state index is 13.5. The van der Waals surface area contributed by atoms with Gasteiger partial charge in [0.15, 0.2) is 11.6 Å². The van der Waals surface area contributed by atoms with Gasteiger partial charge in [-0.3, -0.25) is 4.79 Å². The molecule has 1 aromatic carbocycles. The first-order chi connectivity index (χ1) is 9.43. The number of amides is 1. The average molecular weight is 283 g/mol. The van der Waals surface area contributed by atoms with Crippen molar-refractivity contribution < 1.29 is 19.0 Å². The largest absolute Gasteiger partial charge is 0.494 e. The summed E-state index contributed by atoms with van der Waals surface area (Å²) in [5.41, 5.74) is 0.739. The van der Waals surface area contributed by atoms with Crippen LogP contribution in [0.25, 0.3) is 0 Å². The van der Waals surface area contributed by atoms with Crippen molar-refractivity contribution in [1.29, 1.82) is 0 Å². The number of nitrogens with one attached hydrogen (secondary N) is 1. The summed E-state index contributed by atoms with van der Waals surface area (Å²) in [5, 5.41) is 12.2. The van der Waals surface area contributed by atoms with E-state index in [4.69, 9.17) is 4.74 Å². The third-order valence-electron chi connectivity index (χ3n) is 3.13. The highest BCUT2D eigenvalue weighted by Gasteiger charge is 2.11. The lowest BCUT2D eigenvalue weighted by molar-refractivity contribution is -0.121. The maximum Gasteiger partial charge on any atom is 0.220 e. The number of benzene rings is 1. The zero-order valence-corrected chi connectivity index (χ0v) is 12.1. The van der Waals surface area contributed by atoms with Crippen LogP contribution in [-0.2, 0) is 11.2 Å². The summed E-state index contributed by atoms with van der Waals surface area (Å²) in [4.78, 5) is 11.6. The summed E-state index contributed by atoms with van der Waals surface area (Å²) < 4.78 is 18.3.